The number of hydrogen-bond donors (Lipinski definition) is 1. The van der Waals surface area contributed by atoms with E-state index in [-0.39, 0.29) is 6.03 Å². The Labute approximate surface area is 191 Å². The first-order chi connectivity index (χ1) is 15.6. The van der Waals surface area contributed by atoms with E-state index in [0.717, 1.165) is 69.8 Å². The minimum absolute atomic E-state index is 0.0144. The number of nitrogens with one attached hydrogen (secondary N) is 1. The van der Waals surface area contributed by atoms with Crippen molar-refractivity contribution in [2.45, 2.75) is 57.5 Å². The topological polar surface area (TPSA) is 65.1 Å². The molecule has 2 bridgehead atoms. The summed E-state index contributed by atoms with van der Waals surface area (Å²) in [6.45, 7) is 7.38. The predicted octanol–water partition coefficient (Wildman–Crippen LogP) is 3.41. The fourth-order valence-corrected chi connectivity index (χ4v) is 6.38. The minimum atomic E-state index is -0.0144. The second-order valence-corrected chi connectivity index (χ2v) is 9.93. The lowest BCUT2D eigenvalue weighted by molar-refractivity contribution is -0.145. The van der Waals surface area contributed by atoms with Crippen LogP contribution in [-0.2, 0) is 4.79 Å². The number of likely N-dealkylation sites (tertiary alicyclic amines) is 2. The average molecular weight is 441 g/mol. The zero-order valence-electron chi connectivity index (χ0n) is 19.2. The van der Waals surface area contributed by atoms with Gasteiger partial charge in [-0.3, -0.25) is 9.69 Å². The van der Waals surface area contributed by atoms with E-state index in [9.17, 15) is 9.59 Å². The number of benzene rings is 1. The molecule has 1 aromatic rings. The molecule has 1 aromatic carbocycles. The normalized spacial score (nSPS) is 28.9. The lowest BCUT2D eigenvalue weighted by atomic mass is 9.75. The molecule has 2 unspecified atom stereocenters. The van der Waals surface area contributed by atoms with Crippen molar-refractivity contribution in [2.75, 3.05) is 44.6 Å². The maximum Gasteiger partial charge on any atom is 0.321 e. The summed E-state index contributed by atoms with van der Waals surface area (Å²) in [5.41, 5.74) is 0.802. The molecule has 4 fully saturated rings. The molecule has 0 radical (unpaired) electrons. The van der Waals surface area contributed by atoms with Crippen molar-refractivity contribution in [1.29, 1.82) is 0 Å². The average Bonchev–Trinajstić information content (AvgIpc) is 2.81. The maximum atomic E-state index is 12.7. The lowest BCUT2D eigenvalue weighted by Gasteiger charge is -2.54. The molecule has 32 heavy (non-hydrogen) atoms. The second kappa shape index (κ2) is 9.30. The van der Waals surface area contributed by atoms with Crippen molar-refractivity contribution >= 4 is 17.6 Å². The summed E-state index contributed by atoms with van der Waals surface area (Å²) < 4.78 is 5.47. The SMILES string of the molecule is CCOc1ccc(NC(=O)N2CCC(N3CC4CC(C3)[C@H]3CCCC(=O)N3C4)CC2)cc1. The molecule has 3 atom stereocenters. The van der Waals surface area contributed by atoms with Gasteiger partial charge in [-0.1, -0.05) is 0 Å². The first kappa shape index (κ1) is 21.6. The third-order valence-corrected chi connectivity index (χ3v) is 7.89. The Bertz CT molecular complexity index is 821. The smallest absolute Gasteiger partial charge is 0.321 e. The minimum Gasteiger partial charge on any atom is -0.494 e. The molecule has 4 aliphatic rings. The van der Waals surface area contributed by atoms with Crippen LogP contribution >= 0.6 is 0 Å². The van der Waals surface area contributed by atoms with Crippen molar-refractivity contribution in [1.82, 2.24) is 14.7 Å². The molecule has 0 aromatic heterocycles. The Morgan fingerprint density at radius 3 is 2.62 bits per heavy atom. The van der Waals surface area contributed by atoms with Crippen LogP contribution in [0.3, 0.4) is 0 Å². The van der Waals surface area contributed by atoms with E-state index in [4.69, 9.17) is 4.74 Å². The first-order valence-electron chi connectivity index (χ1n) is 12.4. The van der Waals surface area contributed by atoms with E-state index in [0.29, 0.717) is 36.4 Å². The predicted molar refractivity (Wildman–Crippen MR) is 124 cm³/mol. The number of nitrogens with zero attached hydrogens (tertiary/aromatic N) is 3. The number of piperidine rings is 4. The Hall–Kier alpha value is -2.28. The van der Waals surface area contributed by atoms with Crippen LogP contribution in [0.15, 0.2) is 24.3 Å². The highest BCUT2D eigenvalue weighted by Gasteiger charge is 2.45. The van der Waals surface area contributed by atoms with E-state index < -0.39 is 0 Å². The first-order valence-corrected chi connectivity index (χ1v) is 12.4. The summed E-state index contributed by atoms with van der Waals surface area (Å²) in [6.07, 6.45) is 6.34. The highest BCUT2D eigenvalue weighted by atomic mass is 16.5. The summed E-state index contributed by atoms with van der Waals surface area (Å²) >= 11 is 0. The van der Waals surface area contributed by atoms with Gasteiger partial charge in [0.05, 0.1) is 6.61 Å². The number of anilines is 1. The number of carbonyl (C=O) groups excluding carboxylic acids is 2. The maximum absolute atomic E-state index is 12.7. The van der Waals surface area contributed by atoms with Gasteiger partial charge >= 0.3 is 6.03 Å². The van der Waals surface area contributed by atoms with Gasteiger partial charge in [0, 0.05) is 56.9 Å². The van der Waals surface area contributed by atoms with E-state index >= 15 is 0 Å². The van der Waals surface area contributed by atoms with Crippen LogP contribution in [0.1, 0.15) is 45.4 Å². The molecule has 3 amide bonds. The van der Waals surface area contributed by atoms with E-state index in [1.54, 1.807) is 0 Å². The quantitative estimate of drug-likeness (QED) is 0.779. The summed E-state index contributed by atoms with van der Waals surface area (Å²) in [6, 6.07) is 8.57. The van der Waals surface area contributed by atoms with Gasteiger partial charge < -0.3 is 19.9 Å². The van der Waals surface area contributed by atoms with Crippen LogP contribution < -0.4 is 10.1 Å². The van der Waals surface area contributed by atoms with Crippen LogP contribution in [-0.4, -0.2) is 78.1 Å². The van der Waals surface area contributed by atoms with Gasteiger partial charge in [-0.2, -0.15) is 0 Å². The van der Waals surface area contributed by atoms with Crippen molar-refractivity contribution in [3.63, 3.8) is 0 Å². The van der Waals surface area contributed by atoms with Gasteiger partial charge in [0.15, 0.2) is 0 Å². The lowest BCUT2D eigenvalue weighted by Crippen LogP contribution is -2.62. The van der Waals surface area contributed by atoms with E-state index in [2.05, 4.69) is 15.1 Å². The number of carbonyl (C=O) groups is 2. The molecule has 7 heteroatoms. The monoisotopic (exact) mass is 440 g/mol. The highest BCUT2D eigenvalue weighted by Crippen LogP contribution is 2.39. The Balaban J connectivity index is 1.12. The summed E-state index contributed by atoms with van der Waals surface area (Å²) in [4.78, 5) is 32.0. The molecule has 0 spiro atoms. The Kier molecular flexibility index (Phi) is 6.26. The number of urea groups is 1. The van der Waals surface area contributed by atoms with Crippen molar-refractivity contribution < 1.29 is 14.3 Å². The van der Waals surface area contributed by atoms with Gasteiger partial charge in [0.25, 0.3) is 0 Å². The van der Waals surface area contributed by atoms with Gasteiger partial charge in [0.2, 0.25) is 5.91 Å². The third-order valence-electron chi connectivity index (χ3n) is 7.89. The summed E-state index contributed by atoms with van der Waals surface area (Å²) in [5.74, 6) is 2.45. The van der Waals surface area contributed by atoms with Gasteiger partial charge in [-0.05, 0) is 75.1 Å². The zero-order valence-corrected chi connectivity index (χ0v) is 19.2. The highest BCUT2D eigenvalue weighted by molar-refractivity contribution is 5.89. The number of ether oxygens (including phenoxy) is 1. The zero-order chi connectivity index (χ0) is 22.1. The third kappa shape index (κ3) is 4.45. The largest absolute Gasteiger partial charge is 0.494 e. The fourth-order valence-electron chi connectivity index (χ4n) is 6.38. The Morgan fingerprint density at radius 2 is 1.88 bits per heavy atom. The van der Waals surface area contributed by atoms with Crippen molar-refractivity contribution in [2.24, 2.45) is 11.8 Å². The van der Waals surface area contributed by atoms with Crippen LogP contribution in [0.4, 0.5) is 10.5 Å². The molecule has 4 saturated heterocycles. The molecule has 5 rings (SSSR count). The number of hydrogen-bond acceptors (Lipinski definition) is 4. The summed E-state index contributed by atoms with van der Waals surface area (Å²) in [7, 11) is 0. The fraction of sp³-hybridized carbons (Fsp3) is 0.680. The summed E-state index contributed by atoms with van der Waals surface area (Å²) in [5, 5.41) is 3.02. The Morgan fingerprint density at radius 1 is 1.09 bits per heavy atom. The van der Waals surface area contributed by atoms with Crippen LogP contribution in [0.2, 0.25) is 0 Å². The van der Waals surface area contributed by atoms with Crippen LogP contribution in [0.25, 0.3) is 0 Å². The molecule has 174 valence electrons. The standard InChI is InChI=1S/C25H36N4O3/c1-2-32-22-8-6-20(7-9-22)26-25(31)27-12-10-21(11-13-27)28-15-18-14-19(17-28)23-4-3-5-24(30)29(23)16-18/h6-9,18-19,21,23H,2-5,10-17H2,1H3,(H,26,31)/t18?,19?,23-/m1/s1. The molecule has 1 N–H and O–H groups in total. The molecular weight excluding hydrogens is 404 g/mol. The number of rotatable bonds is 4. The molecule has 4 aliphatic heterocycles. The second-order valence-electron chi connectivity index (χ2n) is 9.93. The molecule has 7 nitrogen and oxygen atoms in total. The van der Waals surface area contributed by atoms with Gasteiger partial charge in [0.1, 0.15) is 5.75 Å². The molecule has 4 heterocycles. The van der Waals surface area contributed by atoms with Gasteiger partial charge in [-0.25, -0.2) is 4.79 Å². The van der Waals surface area contributed by atoms with Crippen LogP contribution in [0.5, 0.6) is 5.75 Å². The van der Waals surface area contributed by atoms with E-state index in [1.165, 1.54) is 12.8 Å². The van der Waals surface area contributed by atoms with E-state index in [1.807, 2.05) is 36.1 Å². The van der Waals surface area contributed by atoms with Crippen molar-refractivity contribution in [3.05, 3.63) is 24.3 Å². The molecular formula is C25H36N4O3. The molecule has 0 saturated carbocycles. The van der Waals surface area contributed by atoms with Crippen LogP contribution in [0, 0.1) is 11.8 Å². The number of fused-ring (bicyclic) bond motifs is 4. The number of amides is 3. The van der Waals surface area contributed by atoms with Crippen molar-refractivity contribution in [3.8, 4) is 5.75 Å². The molecule has 0 aliphatic carbocycles. The van der Waals surface area contributed by atoms with Gasteiger partial charge in [-0.15, -0.1) is 0 Å².